The SMILES string of the molecule is CC1=C2C(=O)C[C@]2(C)[C@H]2CC(C)(C)C[C@@]2(O)[C@@H]1O. The highest BCUT2D eigenvalue weighted by molar-refractivity contribution is 6.05. The second kappa shape index (κ2) is 3.07. The van der Waals surface area contributed by atoms with Gasteiger partial charge in [-0.05, 0) is 30.8 Å². The maximum atomic E-state index is 11.8. The van der Waals surface area contributed by atoms with Gasteiger partial charge in [0.15, 0.2) is 5.78 Å². The van der Waals surface area contributed by atoms with E-state index in [1.807, 2.05) is 0 Å². The molecular formula is C15H22O3. The molecule has 3 nitrogen and oxygen atoms in total. The predicted molar refractivity (Wildman–Crippen MR) is 67.9 cm³/mol. The lowest BCUT2D eigenvalue weighted by molar-refractivity contribution is -0.150. The Balaban J connectivity index is 2.16. The Bertz CT molecular complexity index is 476. The van der Waals surface area contributed by atoms with Crippen LogP contribution >= 0.6 is 0 Å². The van der Waals surface area contributed by atoms with Gasteiger partial charge >= 0.3 is 0 Å². The van der Waals surface area contributed by atoms with Crippen molar-refractivity contribution in [2.45, 2.75) is 58.7 Å². The summed E-state index contributed by atoms with van der Waals surface area (Å²) in [5.74, 6) is 0.159. The minimum absolute atomic E-state index is 0.00593. The highest BCUT2D eigenvalue weighted by atomic mass is 16.3. The first kappa shape index (κ1) is 12.4. The van der Waals surface area contributed by atoms with Gasteiger partial charge in [0.1, 0.15) is 6.10 Å². The Morgan fingerprint density at radius 3 is 2.44 bits per heavy atom. The average Bonchev–Trinajstić information content (AvgIpc) is 2.47. The first-order chi connectivity index (χ1) is 8.12. The van der Waals surface area contributed by atoms with Crippen LogP contribution in [-0.2, 0) is 4.79 Å². The van der Waals surface area contributed by atoms with E-state index in [-0.39, 0.29) is 22.5 Å². The van der Waals surface area contributed by atoms with Crippen molar-refractivity contribution in [3.63, 3.8) is 0 Å². The number of Topliss-reactive ketones (excluding diaryl/α,β-unsaturated/α-hetero) is 1. The molecule has 3 rings (SSSR count). The minimum Gasteiger partial charge on any atom is -0.386 e. The highest BCUT2D eigenvalue weighted by Crippen LogP contribution is 2.66. The largest absolute Gasteiger partial charge is 0.386 e. The first-order valence-corrected chi connectivity index (χ1v) is 6.77. The molecule has 0 amide bonds. The van der Waals surface area contributed by atoms with Crippen molar-refractivity contribution in [2.75, 3.05) is 0 Å². The molecule has 100 valence electrons. The standard InChI is InChI=1S/C15H22O3/c1-8-11-9(16)5-14(11,4)10-6-13(2,3)7-15(10,18)12(8)17/h10,12,17-18H,5-7H2,1-4H3/t10-,12-,14-,15+/m1/s1. The van der Waals surface area contributed by atoms with Crippen LogP contribution in [0.4, 0.5) is 0 Å². The van der Waals surface area contributed by atoms with Crippen LogP contribution in [0.5, 0.6) is 0 Å². The molecule has 2 saturated carbocycles. The van der Waals surface area contributed by atoms with Crippen molar-refractivity contribution in [3.8, 4) is 0 Å². The molecule has 0 saturated heterocycles. The van der Waals surface area contributed by atoms with Gasteiger partial charge in [-0.3, -0.25) is 4.79 Å². The predicted octanol–water partition coefficient (Wildman–Crippen LogP) is 1.82. The first-order valence-electron chi connectivity index (χ1n) is 6.77. The van der Waals surface area contributed by atoms with Crippen LogP contribution in [0.3, 0.4) is 0 Å². The fraction of sp³-hybridized carbons (Fsp3) is 0.800. The van der Waals surface area contributed by atoms with Gasteiger partial charge in [0.25, 0.3) is 0 Å². The maximum Gasteiger partial charge on any atom is 0.160 e. The Kier molecular flexibility index (Phi) is 2.11. The number of aliphatic hydroxyl groups excluding tert-OH is 1. The van der Waals surface area contributed by atoms with Crippen molar-refractivity contribution in [3.05, 3.63) is 11.1 Å². The summed E-state index contributed by atoms with van der Waals surface area (Å²) in [5, 5.41) is 21.4. The zero-order chi connectivity index (χ0) is 13.5. The van der Waals surface area contributed by atoms with Crippen LogP contribution < -0.4 is 0 Å². The monoisotopic (exact) mass is 250 g/mol. The zero-order valence-corrected chi connectivity index (χ0v) is 11.6. The summed E-state index contributed by atoms with van der Waals surface area (Å²) in [7, 11) is 0. The van der Waals surface area contributed by atoms with Crippen LogP contribution in [-0.4, -0.2) is 27.7 Å². The number of carbonyl (C=O) groups excluding carboxylic acids is 1. The van der Waals surface area contributed by atoms with Gasteiger partial charge in [-0.2, -0.15) is 0 Å². The summed E-state index contributed by atoms with van der Waals surface area (Å²) in [6, 6.07) is 0. The number of rotatable bonds is 0. The molecule has 2 fully saturated rings. The molecule has 0 unspecified atom stereocenters. The molecule has 3 aliphatic carbocycles. The average molecular weight is 250 g/mol. The molecule has 2 N–H and O–H groups in total. The summed E-state index contributed by atoms with van der Waals surface area (Å²) >= 11 is 0. The molecule has 18 heavy (non-hydrogen) atoms. The summed E-state index contributed by atoms with van der Waals surface area (Å²) < 4.78 is 0. The molecular weight excluding hydrogens is 228 g/mol. The van der Waals surface area contributed by atoms with Crippen LogP contribution in [0, 0.1) is 16.7 Å². The fourth-order valence-electron chi connectivity index (χ4n) is 4.96. The normalized spacial score (nSPS) is 49.8. The van der Waals surface area contributed by atoms with Gasteiger partial charge in [-0.15, -0.1) is 0 Å². The van der Waals surface area contributed by atoms with E-state index in [9.17, 15) is 15.0 Å². The molecule has 0 aromatic carbocycles. The van der Waals surface area contributed by atoms with E-state index in [2.05, 4.69) is 20.8 Å². The summed E-state index contributed by atoms with van der Waals surface area (Å²) in [5.41, 5.74) is 0.250. The van der Waals surface area contributed by atoms with E-state index >= 15 is 0 Å². The van der Waals surface area contributed by atoms with Crippen molar-refractivity contribution in [1.29, 1.82) is 0 Å². The van der Waals surface area contributed by atoms with Gasteiger partial charge < -0.3 is 10.2 Å². The lowest BCUT2D eigenvalue weighted by Crippen LogP contribution is -2.61. The number of fused-ring (bicyclic) bond motifs is 3. The number of hydrogen-bond donors (Lipinski definition) is 2. The lowest BCUT2D eigenvalue weighted by Gasteiger charge is -2.56. The smallest absolute Gasteiger partial charge is 0.160 e. The van der Waals surface area contributed by atoms with Gasteiger partial charge in [0.2, 0.25) is 0 Å². The van der Waals surface area contributed by atoms with Crippen molar-refractivity contribution in [1.82, 2.24) is 0 Å². The third kappa shape index (κ3) is 1.19. The van der Waals surface area contributed by atoms with Gasteiger partial charge in [0, 0.05) is 23.3 Å². The minimum atomic E-state index is -1.05. The van der Waals surface area contributed by atoms with Gasteiger partial charge in [-0.25, -0.2) is 0 Å². The number of carbonyl (C=O) groups is 1. The van der Waals surface area contributed by atoms with Crippen LogP contribution in [0.25, 0.3) is 0 Å². The number of ketones is 1. The number of hydrogen-bond acceptors (Lipinski definition) is 3. The van der Waals surface area contributed by atoms with Crippen molar-refractivity contribution >= 4 is 5.78 Å². The van der Waals surface area contributed by atoms with Crippen molar-refractivity contribution in [2.24, 2.45) is 16.7 Å². The zero-order valence-electron chi connectivity index (χ0n) is 11.6. The third-order valence-corrected chi connectivity index (χ3v) is 5.55. The summed E-state index contributed by atoms with van der Waals surface area (Å²) in [4.78, 5) is 11.8. The van der Waals surface area contributed by atoms with E-state index < -0.39 is 11.7 Å². The Morgan fingerprint density at radius 1 is 1.28 bits per heavy atom. The molecule has 3 heteroatoms. The maximum absolute atomic E-state index is 11.8. The molecule has 0 radical (unpaired) electrons. The van der Waals surface area contributed by atoms with Crippen LogP contribution in [0.2, 0.25) is 0 Å². The summed E-state index contributed by atoms with van der Waals surface area (Å²) in [6.45, 7) is 8.15. The molecule has 3 aliphatic rings. The second-order valence-electron chi connectivity index (χ2n) is 7.57. The second-order valence-corrected chi connectivity index (χ2v) is 7.57. The summed E-state index contributed by atoms with van der Waals surface area (Å²) in [6.07, 6.45) is 1.13. The molecule has 0 heterocycles. The highest BCUT2D eigenvalue weighted by Gasteiger charge is 2.67. The Morgan fingerprint density at radius 2 is 1.89 bits per heavy atom. The fourth-order valence-corrected chi connectivity index (χ4v) is 4.96. The molecule has 0 aromatic rings. The van der Waals surface area contributed by atoms with E-state index in [1.165, 1.54) is 0 Å². The van der Waals surface area contributed by atoms with Crippen LogP contribution in [0.1, 0.15) is 47.0 Å². The number of allylic oxidation sites excluding steroid dienone is 1. The molecule has 0 bridgehead atoms. The topological polar surface area (TPSA) is 57.5 Å². The number of aliphatic hydroxyl groups is 2. The Labute approximate surface area is 108 Å². The lowest BCUT2D eigenvalue weighted by atomic mass is 9.49. The van der Waals surface area contributed by atoms with E-state index in [0.29, 0.717) is 18.4 Å². The molecule has 0 spiro atoms. The van der Waals surface area contributed by atoms with Crippen LogP contribution in [0.15, 0.2) is 11.1 Å². The van der Waals surface area contributed by atoms with Crippen molar-refractivity contribution < 1.29 is 15.0 Å². The quantitative estimate of drug-likeness (QED) is 0.689. The third-order valence-electron chi connectivity index (χ3n) is 5.55. The van der Waals surface area contributed by atoms with E-state index in [0.717, 1.165) is 12.0 Å². The molecule has 0 aromatic heterocycles. The van der Waals surface area contributed by atoms with E-state index in [4.69, 9.17) is 0 Å². The molecule has 4 atom stereocenters. The van der Waals surface area contributed by atoms with E-state index in [1.54, 1.807) is 6.92 Å². The Hall–Kier alpha value is -0.670. The van der Waals surface area contributed by atoms with Gasteiger partial charge in [-0.1, -0.05) is 20.8 Å². The molecule has 0 aliphatic heterocycles. The van der Waals surface area contributed by atoms with Gasteiger partial charge in [0.05, 0.1) is 5.60 Å².